The van der Waals surface area contributed by atoms with Gasteiger partial charge in [0.05, 0.1) is 0 Å². The Bertz CT molecular complexity index is 356. The Hall–Kier alpha value is -0.860. The number of rotatable bonds is 1. The van der Waals surface area contributed by atoms with Crippen LogP contribution in [0.4, 0.5) is 0 Å². The molecule has 0 spiro atoms. The van der Waals surface area contributed by atoms with Crippen molar-refractivity contribution in [3.8, 4) is 0 Å². The highest BCUT2D eigenvalue weighted by molar-refractivity contribution is 5.29. The smallest absolute Gasteiger partial charge is 0.0239 e. The Labute approximate surface area is 97.6 Å². The quantitative estimate of drug-likeness (QED) is 0.770. The molecule has 2 heterocycles. The van der Waals surface area contributed by atoms with E-state index in [1.165, 1.54) is 45.4 Å². The second kappa shape index (κ2) is 4.56. The van der Waals surface area contributed by atoms with Gasteiger partial charge >= 0.3 is 0 Å². The number of fused-ring (bicyclic) bond motifs is 1. The average Bonchev–Trinajstić information content (AvgIpc) is 2.39. The molecule has 1 fully saturated rings. The minimum atomic E-state index is 0.814. The van der Waals surface area contributed by atoms with Gasteiger partial charge in [0.25, 0.3) is 0 Å². The fraction of sp³-hybridized carbons (Fsp3) is 0.571. The molecule has 2 nitrogen and oxygen atoms in total. The molecule has 3 rings (SSSR count). The van der Waals surface area contributed by atoms with Crippen molar-refractivity contribution >= 4 is 0 Å². The lowest BCUT2D eigenvalue weighted by molar-refractivity contribution is 0.147. The van der Waals surface area contributed by atoms with E-state index in [-0.39, 0.29) is 0 Å². The summed E-state index contributed by atoms with van der Waals surface area (Å²) in [4.78, 5) is 2.68. The molecule has 0 radical (unpaired) electrons. The van der Waals surface area contributed by atoms with E-state index in [2.05, 4.69) is 34.5 Å². The Kier molecular flexibility index (Phi) is 2.94. The monoisotopic (exact) mass is 216 g/mol. The van der Waals surface area contributed by atoms with Gasteiger partial charge in [-0.2, -0.15) is 0 Å². The molecule has 2 aliphatic rings. The summed E-state index contributed by atoms with van der Waals surface area (Å²) >= 11 is 0. The highest BCUT2D eigenvalue weighted by atomic mass is 15.2. The van der Waals surface area contributed by atoms with Crippen molar-refractivity contribution in [1.82, 2.24) is 10.2 Å². The van der Waals surface area contributed by atoms with Crippen LogP contribution in [0.2, 0.25) is 0 Å². The highest BCUT2D eigenvalue weighted by Crippen LogP contribution is 2.23. The zero-order valence-electron chi connectivity index (χ0n) is 9.78. The normalized spacial score (nSPS) is 23.0. The summed E-state index contributed by atoms with van der Waals surface area (Å²) in [6, 6.07) is 9.73. The Morgan fingerprint density at radius 3 is 2.62 bits per heavy atom. The number of nitrogens with one attached hydrogen (secondary N) is 1. The summed E-state index contributed by atoms with van der Waals surface area (Å²) in [5, 5.41) is 3.45. The maximum atomic E-state index is 3.45. The molecule has 1 saturated heterocycles. The Morgan fingerprint density at radius 2 is 1.81 bits per heavy atom. The van der Waals surface area contributed by atoms with Crippen molar-refractivity contribution in [2.45, 2.75) is 31.8 Å². The number of hydrogen-bond donors (Lipinski definition) is 1. The third-order valence-electron chi connectivity index (χ3n) is 3.99. The fourth-order valence-electron chi connectivity index (χ4n) is 3.00. The van der Waals surface area contributed by atoms with Crippen LogP contribution in [0.3, 0.4) is 0 Å². The van der Waals surface area contributed by atoms with E-state index in [0.29, 0.717) is 0 Å². The molecule has 0 saturated carbocycles. The number of hydrogen-bond acceptors (Lipinski definition) is 2. The fourth-order valence-corrected chi connectivity index (χ4v) is 3.00. The molecule has 0 atom stereocenters. The van der Waals surface area contributed by atoms with Crippen LogP contribution in [-0.2, 0) is 13.0 Å². The van der Waals surface area contributed by atoms with Gasteiger partial charge in [0, 0.05) is 19.1 Å². The van der Waals surface area contributed by atoms with Gasteiger partial charge in [-0.25, -0.2) is 0 Å². The number of nitrogens with zero attached hydrogens (tertiary/aromatic N) is 1. The summed E-state index contributed by atoms with van der Waals surface area (Å²) in [5.41, 5.74) is 3.11. The molecule has 86 valence electrons. The average molecular weight is 216 g/mol. The third kappa shape index (κ3) is 2.00. The van der Waals surface area contributed by atoms with E-state index >= 15 is 0 Å². The van der Waals surface area contributed by atoms with E-state index < -0.39 is 0 Å². The van der Waals surface area contributed by atoms with Crippen molar-refractivity contribution in [2.24, 2.45) is 0 Å². The first kappa shape index (κ1) is 10.3. The topological polar surface area (TPSA) is 15.3 Å². The van der Waals surface area contributed by atoms with Crippen molar-refractivity contribution in [3.63, 3.8) is 0 Å². The van der Waals surface area contributed by atoms with Crippen LogP contribution in [0.1, 0.15) is 24.0 Å². The van der Waals surface area contributed by atoms with E-state index in [0.717, 1.165) is 6.04 Å². The maximum absolute atomic E-state index is 3.45. The van der Waals surface area contributed by atoms with Gasteiger partial charge in [-0.15, -0.1) is 0 Å². The molecule has 1 N–H and O–H groups in total. The summed E-state index contributed by atoms with van der Waals surface area (Å²) < 4.78 is 0. The molecule has 0 bridgehead atoms. The van der Waals surface area contributed by atoms with Gasteiger partial charge in [-0.1, -0.05) is 24.3 Å². The van der Waals surface area contributed by atoms with Gasteiger partial charge in [0.15, 0.2) is 0 Å². The molecule has 1 aromatic carbocycles. The van der Waals surface area contributed by atoms with E-state index in [1.54, 1.807) is 11.1 Å². The maximum Gasteiger partial charge on any atom is 0.0239 e. The lowest BCUT2D eigenvalue weighted by atomic mass is 9.96. The van der Waals surface area contributed by atoms with Gasteiger partial charge in [-0.3, -0.25) is 4.90 Å². The van der Waals surface area contributed by atoms with Crippen molar-refractivity contribution in [3.05, 3.63) is 35.4 Å². The van der Waals surface area contributed by atoms with Crippen molar-refractivity contribution in [1.29, 1.82) is 0 Å². The minimum absolute atomic E-state index is 0.814. The zero-order valence-corrected chi connectivity index (χ0v) is 9.78. The number of benzene rings is 1. The molecule has 0 amide bonds. The van der Waals surface area contributed by atoms with Crippen LogP contribution in [-0.4, -0.2) is 30.6 Å². The van der Waals surface area contributed by atoms with Gasteiger partial charge < -0.3 is 5.32 Å². The molecular formula is C14H20N2. The van der Waals surface area contributed by atoms with E-state index in [1.807, 2.05) is 0 Å². The third-order valence-corrected chi connectivity index (χ3v) is 3.99. The minimum Gasteiger partial charge on any atom is -0.317 e. The second-order valence-electron chi connectivity index (χ2n) is 4.97. The number of piperidine rings is 1. The first-order valence-electron chi connectivity index (χ1n) is 6.45. The lowest BCUT2D eigenvalue weighted by Gasteiger charge is -2.37. The predicted octanol–water partition coefficient (Wildman–Crippen LogP) is 1.80. The molecular weight excluding hydrogens is 196 g/mol. The predicted molar refractivity (Wildman–Crippen MR) is 66.4 cm³/mol. The van der Waals surface area contributed by atoms with Crippen molar-refractivity contribution < 1.29 is 0 Å². The first-order valence-corrected chi connectivity index (χ1v) is 6.45. The Balaban J connectivity index is 1.72. The molecule has 16 heavy (non-hydrogen) atoms. The van der Waals surface area contributed by atoms with Crippen LogP contribution in [0.25, 0.3) is 0 Å². The van der Waals surface area contributed by atoms with Crippen LogP contribution in [0.15, 0.2) is 24.3 Å². The van der Waals surface area contributed by atoms with E-state index in [4.69, 9.17) is 0 Å². The van der Waals surface area contributed by atoms with Crippen LogP contribution in [0, 0.1) is 0 Å². The van der Waals surface area contributed by atoms with Gasteiger partial charge in [0.1, 0.15) is 0 Å². The molecule has 0 aromatic heterocycles. The SMILES string of the molecule is c1ccc2c(c1)CCN(C1CCNCC1)C2. The molecule has 2 aliphatic heterocycles. The van der Waals surface area contributed by atoms with E-state index in [9.17, 15) is 0 Å². The summed E-state index contributed by atoms with van der Waals surface area (Å²) in [6.45, 7) is 4.81. The molecule has 2 heteroatoms. The van der Waals surface area contributed by atoms with Crippen LogP contribution in [0.5, 0.6) is 0 Å². The molecule has 0 unspecified atom stereocenters. The Morgan fingerprint density at radius 1 is 1.06 bits per heavy atom. The first-order chi connectivity index (χ1) is 7.93. The summed E-state index contributed by atoms with van der Waals surface area (Å²) in [6.07, 6.45) is 3.88. The zero-order chi connectivity index (χ0) is 10.8. The highest BCUT2D eigenvalue weighted by Gasteiger charge is 2.24. The lowest BCUT2D eigenvalue weighted by Crippen LogP contribution is -2.45. The molecule has 0 aliphatic carbocycles. The second-order valence-corrected chi connectivity index (χ2v) is 4.97. The summed E-state index contributed by atoms with van der Waals surface area (Å²) in [5.74, 6) is 0. The van der Waals surface area contributed by atoms with Crippen molar-refractivity contribution in [2.75, 3.05) is 19.6 Å². The largest absolute Gasteiger partial charge is 0.317 e. The standard InChI is InChI=1S/C14H20N2/c1-2-4-13-11-16(10-7-12(13)3-1)14-5-8-15-9-6-14/h1-4,14-15H,5-11H2. The van der Waals surface area contributed by atoms with Gasteiger partial charge in [0.2, 0.25) is 0 Å². The van der Waals surface area contributed by atoms with Gasteiger partial charge in [-0.05, 0) is 43.5 Å². The summed E-state index contributed by atoms with van der Waals surface area (Å²) in [7, 11) is 0. The molecule has 1 aromatic rings. The van der Waals surface area contributed by atoms with Crippen LogP contribution >= 0.6 is 0 Å². The van der Waals surface area contributed by atoms with Crippen LogP contribution < -0.4 is 5.32 Å².